The Kier molecular flexibility index (Phi) is 3.96. The predicted octanol–water partition coefficient (Wildman–Crippen LogP) is 1.50. The van der Waals surface area contributed by atoms with E-state index in [1.165, 1.54) is 6.42 Å². The number of likely N-dealkylation sites (N-methyl/N-ethyl adjacent to an activating group) is 1. The molecule has 0 bridgehead atoms. The van der Waals surface area contributed by atoms with Crippen molar-refractivity contribution >= 4 is 17.2 Å². The Balaban J connectivity index is 1.88. The highest BCUT2D eigenvalue weighted by atomic mass is 32.1. The second-order valence-corrected chi connectivity index (χ2v) is 5.09. The van der Waals surface area contributed by atoms with Gasteiger partial charge in [-0.25, -0.2) is 0 Å². The molecule has 2 rings (SSSR count). The fourth-order valence-corrected chi connectivity index (χ4v) is 2.73. The molecule has 1 atom stereocenters. The van der Waals surface area contributed by atoms with Crippen LogP contribution in [0.4, 0.5) is 0 Å². The molecule has 0 aliphatic carbocycles. The minimum Gasteiger partial charge on any atom is -0.341 e. The fourth-order valence-electron chi connectivity index (χ4n) is 2.06. The molecule has 1 amide bonds. The van der Waals surface area contributed by atoms with Crippen LogP contribution in [0.25, 0.3) is 0 Å². The van der Waals surface area contributed by atoms with E-state index in [-0.39, 0.29) is 5.91 Å². The lowest BCUT2D eigenvalue weighted by molar-refractivity contribution is -0.131. The van der Waals surface area contributed by atoms with Gasteiger partial charge in [-0.1, -0.05) is 0 Å². The van der Waals surface area contributed by atoms with Crippen molar-refractivity contribution in [1.82, 2.24) is 10.2 Å². The smallest absolute Gasteiger partial charge is 0.227 e. The van der Waals surface area contributed by atoms with Crippen molar-refractivity contribution < 1.29 is 4.79 Å². The molecule has 1 fully saturated rings. The first-order valence-corrected chi connectivity index (χ1v) is 6.69. The lowest BCUT2D eigenvalue weighted by atomic mass is 10.1. The van der Waals surface area contributed by atoms with Gasteiger partial charge in [0.05, 0.1) is 6.42 Å². The molecule has 88 valence electrons. The van der Waals surface area contributed by atoms with E-state index in [9.17, 15) is 4.79 Å². The van der Waals surface area contributed by atoms with E-state index in [2.05, 4.69) is 5.32 Å². The molecule has 2 heterocycles. The van der Waals surface area contributed by atoms with E-state index >= 15 is 0 Å². The zero-order chi connectivity index (χ0) is 11.4. The molecule has 0 spiro atoms. The van der Waals surface area contributed by atoms with Crippen molar-refractivity contribution in [3.05, 3.63) is 22.4 Å². The Morgan fingerprint density at radius 2 is 2.56 bits per heavy atom. The van der Waals surface area contributed by atoms with Gasteiger partial charge in [0.2, 0.25) is 5.91 Å². The van der Waals surface area contributed by atoms with E-state index in [0.717, 1.165) is 25.1 Å². The molecule has 4 heteroatoms. The predicted molar refractivity (Wildman–Crippen MR) is 66.7 cm³/mol. The highest BCUT2D eigenvalue weighted by Crippen LogP contribution is 2.12. The molecule has 1 saturated heterocycles. The molecular weight excluding hydrogens is 220 g/mol. The average Bonchev–Trinajstić information content (AvgIpc) is 2.82. The summed E-state index contributed by atoms with van der Waals surface area (Å²) in [6.07, 6.45) is 2.83. The third-order valence-electron chi connectivity index (χ3n) is 3.15. The van der Waals surface area contributed by atoms with Gasteiger partial charge >= 0.3 is 0 Å². The molecule has 3 nitrogen and oxygen atoms in total. The molecule has 0 radical (unpaired) electrons. The number of amides is 1. The Morgan fingerprint density at radius 3 is 3.19 bits per heavy atom. The van der Waals surface area contributed by atoms with Crippen LogP contribution >= 0.6 is 11.3 Å². The number of piperidine rings is 1. The molecular formula is C12H18N2OS. The lowest BCUT2D eigenvalue weighted by Gasteiger charge is -2.31. The van der Waals surface area contributed by atoms with Crippen molar-refractivity contribution in [3.63, 3.8) is 0 Å². The van der Waals surface area contributed by atoms with Gasteiger partial charge in [0, 0.05) is 19.6 Å². The van der Waals surface area contributed by atoms with Crippen LogP contribution < -0.4 is 5.32 Å². The third kappa shape index (κ3) is 2.83. The standard InChI is InChI=1S/C12H18N2OS/c1-14(11-3-2-5-13-8-11)12(15)7-10-4-6-16-9-10/h4,6,9,11,13H,2-3,5,7-8H2,1H3/t11-/m1/s1. The van der Waals surface area contributed by atoms with Crippen molar-refractivity contribution in [2.75, 3.05) is 20.1 Å². The first-order chi connectivity index (χ1) is 7.77. The minimum absolute atomic E-state index is 0.229. The van der Waals surface area contributed by atoms with Gasteiger partial charge in [-0.3, -0.25) is 4.79 Å². The topological polar surface area (TPSA) is 32.3 Å². The van der Waals surface area contributed by atoms with E-state index in [4.69, 9.17) is 0 Å². The maximum atomic E-state index is 12.0. The molecule has 1 aromatic heterocycles. The Hall–Kier alpha value is -0.870. The van der Waals surface area contributed by atoms with Crippen LogP contribution in [0.15, 0.2) is 16.8 Å². The lowest BCUT2D eigenvalue weighted by Crippen LogP contribution is -2.47. The number of nitrogens with one attached hydrogen (secondary N) is 1. The summed E-state index contributed by atoms with van der Waals surface area (Å²) in [5.74, 6) is 0.229. The second kappa shape index (κ2) is 5.46. The maximum Gasteiger partial charge on any atom is 0.227 e. The van der Waals surface area contributed by atoms with E-state index in [0.29, 0.717) is 12.5 Å². The van der Waals surface area contributed by atoms with Gasteiger partial charge < -0.3 is 10.2 Å². The largest absolute Gasteiger partial charge is 0.341 e. The van der Waals surface area contributed by atoms with E-state index in [1.807, 2.05) is 28.8 Å². The quantitative estimate of drug-likeness (QED) is 0.865. The van der Waals surface area contributed by atoms with Crippen molar-refractivity contribution in [2.45, 2.75) is 25.3 Å². The number of rotatable bonds is 3. The van der Waals surface area contributed by atoms with Crippen LogP contribution in [-0.2, 0) is 11.2 Å². The maximum absolute atomic E-state index is 12.0. The summed E-state index contributed by atoms with van der Waals surface area (Å²) in [7, 11) is 1.92. The van der Waals surface area contributed by atoms with Gasteiger partial charge in [0.15, 0.2) is 0 Å². The molecule has 1 aliphatic rings. The van der Waals surface area contributed by atoms with Crippen LogP contribution in [0.2, 0.25) is 0 Å². The number of hydrogen-bond donors (Lipinski definition) is 1. The van der Waals surface area contributed by atoms with Gasteiger partial charge in [-0.05, 0) is 41.8 Å². The molecule has 0 unspecified atom stereocenters. The Bertz CT molecular complexity index is 331. The average molecular weight is 238 g/mol. The van der Waals surface area contributed by atoms with Gasteiger partial charge in [-0.15, -0.1) is 0 Å². The minimum atomic E-state index is 0.229. The van der Waals surface area contributed by atoms with Crippen molar-refractivity contribution in [2.24, 2.45) is 0 Å². The summed E-state index contributed by atoms with van der Waals surface area (Å²) in [6.45, 7) is 2.02. The highest BCUT2D eigenvalue weighted by Gasteiger charge is 2.21. The van der Waals surface area contributed by atoms with Crippen LogP contribution in [0.1, 0.15) is 18.4 Å². The number of nitrogens with zero attached hydrogens (tertiary/aromatic N) is 1. The first-order valence-electron chi connectivity index (χ1n) is 5.75. The van der Waals surface area contributed by atoms with Crippen LogP contribution in [0.3, 0.4) is 0 Å². The zero-order valence-corrected chi connectivity index (χ0v) is 10.4. The summed E-state index contributed by atoms with van der Waals surface area (Å²) in [4.78, 5) is 13.9. The van der Waals surface area contributed by atoms with Crippen molar-refractivity contribution in [3.8, 4) is 0 Å². The summed E-state index contributed by atoms with van der Waals surface area (Å²) >= 11 is 1.65. The Labute approximate surface area is 100 Å². The second-order valence-electron chi connectivity index (χ2n) is 4.31. The molecule has 16 heavy (non-hydrogen) atoms. The number of carbonyl (C=O) groups excluding carboxylic acids is 1. The number of hydrogen-bond acceptors (Lipinski definition) is 3. The monoisotopic (exact) mass is 238 g/mol. The number of thiophene rings is 1. The van der Waals surface area contributed by atoms with E-state index < -0.39 is 0 Å². The molecule has 1 aliphatic heterocycles. The van der Waals surface area contributed by atoms with Gasteiger partial charge in [0.1, 0.15) is 0 Å². The summed E-state index contributed by atoms with van der Waals surface area (Å²) in [5.41, 5.74) is 1.13. The summed E-state index contributed by atoms with van der Waals surface area (Å²) < 4.78 is 0. The SMILES string of the molecule is CN(C(=O)Cc1ccsc1)[C@@H]1CCCNC1. The van der Waals surface area contributed by atoms with Crippen LogP contribution in [0, 0.1) is 0 Å². The molecule has 1 aromatic rings. The van der Waals surface area contributed by atoms with Gasteiger partial charge in [0.25, 0.3) is 0 Å². The Morgan fingerprint density at radius 1 is 1.69 bits per heavy atom. The van der Waals surface area contributed by atoms with E-state index in [1.54, 1.807) is 11.3 Å². The summed E-state index contributed by atoms with van der Waals surface area (Å²) in [5, 5.41) is 7.40. The van der Waals surface area contributed by atoms with Crippen molar-refractivity contribution in [1.29, 1.82) is 0 Å². The summed E-state index contributed by atoms with van der Waals surface area (Å²) in [6, 6.07) is 2.40. The zero-order valence-electron chi connectivity index (χ0n) is 9.61. The first kappa shape index (κ1) is 11.6. The number of carbonyl (C=O) groups is 1. The van der Waals surface area contributed by atoms with Crippen LogP contribution in [-0.4, -0.2) is 37.0 Å². The van der Waals surface area contributed by atoms with Gasteiger partial charge in [-0.2, -0.15) is 11.3 Å². The fraction of sp³-hybridized carbons (Fsp3) is 0.583. The van der Waals surface area contributed by atoms with Crippen LogP contribution in [0.5, 0.6) is 0 Å². The molecule has 1 N–H and O–H groups in total. The highest BCUT2D eigenvalue weighted by molar-refractivity contribution is 7.07. The normalized spacial score (nSPS) is 20.7. The molecule has 0 saturated carbocycles. The third-order valence-corrected chi connectivity index (χ3v) is 3.88. The molecule has 0 aromatic carbocycles.